The molecule has 5 nitrogen and oxygen atoms in total. The van der Waals surface area contributed by atoms with Crippen molar-refractivity contribution in [2.45, 2.75) is 51.4 Å². The molecule has 0 aromatic carbocycles. The first-order chi connectivity index (χ1) is 9.75. The van der Waals surface area contributed by atoms with Gasteiger partial charge in [0.05, 0.1) is 0 Å². The van der Waals surface area contributed by atoms with E-state index in [2.05, 4.69) is 5.32 Å². The van der Waals surface area contributed by atoms with Crippen molar-refractivity contribution in [1.82, 2.24) is 15.1 Å². The minimum absolute atomic E-state index is 0.105. The van der Waals surface area contributed by atoms with Gasteiger partial charge in [-0.2, -0.15) is 0 Å². The summed E-state index contributed by atoms with van der Waals surface area (Å²) in [7, 11) is 12.0. The van der Waals surface area contributed by atoms with Gasteiger partial charge in [0.1, 0.15) is 0 Å². The predicted octanol–water partition coefficient (Wildman–Crippen LogP) is 2.12. The Morgan fingerprint density at radius 2 is 0.857 bits per heavy atom. The highest BCUT2D eigenvalue weighted by molar-refractivity contribution is 5.95. The molecule has 0 aromatic rings. The SMILES string of the molecule is CN(C)C.CN(C)C.O=C1CCCCCCCCC(=O)N1. The molecule has 0 atom stereocenters. The molecule has 21 heavy (non-hydrogen) atoms. The quantitative estimate of drug-likeness (QED) is 0.696. The molecule has 1 rings (SSSR count). The van der Waals surface area contributed by atoms with Crippen molar-refractivity contribution in [3.63, 3.8) is 0 Å². The standard InChI is InChI=1S/C10H17NO2.2C3H9N/c12-9-7-5-3-1-2-4-6-8-10(13)11-9;2*1-4(2)3/h1-8H2,(H,11,12,13);2*1-3H3. The van der Waals surface area contributed by atoms with Crippen molar-refractivity contribution in [3.8, 4) is 0 Å². The number of amides is 2. The summed E-state index contributed by atoms with van der Waals surface area (Å²) in [5.41, 5.74) is 0. The summed E-state index contributed by atoms with van der Waals surface area (Å²) in [6.07, 6.45) is 7.46. The Labute approximate surface area is 131 Å². The van der Waals surface area contributed by atoms with E-state index in [0.717, 1.165) is 25.7 Å². The van der Waals surface area contributed by atoms with Gasteiger partial charge in [0.15, 0.2) is 0 Å². The highest BCUT2D eigenvalue weighted by atomic mass is 16.2. The molecule has 5 heteroatoms. The molecule has 2 amide bonds. The summed E-state index contributed by atoms with van der Waals surface area (Å²) in [6, 6.07) is 0. The van der Waals surface area contributed by atoms with Gasteiger partial charge >= 0.3 is 0 Å². The van der Waals surface area contributed by atoms with Gasteiger partial charge in [0, 0.05) is 12.8 Å². The highest BCUT2D eigenvalue weighted by Gasteiger charge is 2.08. The van der Waals surface area contributed by atoms with Gasteiger partial charge in [-0.05, 0) is 55.1 Å². The van der Waals surface area contributed by atoms with E-state index in [1.165, 1.54) is 12.8 Å². The molecule has 1 aliphatic rings. The second kappa shape index (κ2) is 15.4. The van der Waals surface area contributed by atoms with Crippen LogP contribution in [0.2, 0.25) is 0 Å². The molecule has 1 fully saturated rings. The predicted molar refractivity (Wildman–Crippen MR) is 89.3 cm³/mol. The van der Waals surface area contributed by atoms with Crippen LogP contribution in [-0.4, -0.2) is 63.9 Å². The molecule has 0 radical (unpaired) electrons. The Morgan fingerprint density at radius 1 is 0.619 bits per heavy atom. The highest BCUT2D eigenvalue weighted by Crippen LogP contribution is 2.09. The molecular weight excluding hydrogens is 266 g/mol. The first-order valence-corrected chi connectivity index (χ1v) is 7.80. The average Bonchev–Trinajstić information content (AvgIpc) is 2.33. The van der Waals surface area contributed by atoms with E-state index in [-0.39, 0.29) is 11.8 Å². The molecule has 1 saturated heterocycles. The van der Waals surface area contributed by atoms with Crippen molar-refractivity contribution in [2.24, 2.45) is 0 Å². The van der Waals surface area contributed by atoms with E-state index >= 15 is 0 Å². The largest absolute Gasteiger partial charge is 0.312 e. The lowest BCUT2D eigenvalue weighted by Crippen LogP contribution is -2.29. The summed E-state index contributed by atoms with van der Waals surface area (Å²) >= 11 is 0. The van der Waals surface area contributed by atoms with Crippen molar-refractivity contribution < 1.29 is 9.59 Å². The van der Waals surface area contributed by atoms with E-state index in [4.69, 9.17) is 0 Å². The van der Waals surface area contributed by atoms with Gasteiger partial charge < -0.3 is 9.80 Å². The first-order valence-electron chi connectivity index (χ1n) is 7.80. The topological polar surface area (TPSA) is 52.7 Å². The summed E-state index contributed by atoms with van der Waals surface area (Å²) in [5, 5.41) is 2.40. The number of hydrogen-bond donors (Lipinski definition) is 1. The molecule has 0 spiro atoms. The van der Waals surface area contributed by atoms with Crippen LogP contribution in [0.1, 0.15) is 51.4 Å². The van der Waals surface area contributed by atoms with E-state index in [1.54, 1.807) is 0 Å². The van der Waals surface area contributed by atoms with Crippen molar-refractivity contribution >= 4 is 11.8 Å². The van der Waals surface area contributed by atoms with Crippen LogP contribution < -0.4 is 5.32 Å². The molecule has 1 heterocycles. The van der Waals surface area contributed by atoms with E-state index < -0.39 is 0 Å². The fraction of sp³-hybridized carbons (Fsp3) is 0.875. The van der Waals surface area contributed by atoms with Crippen molar-refractivity contribution in [3.05, 3.63) is 0 Å². The Balaban J connectivity index is 0. The maximum atomic E-state index is 11.1. The number of nitrogens with one attached hydrogen (secondary N) is 1. The van der Waals surface area contributed by atoms with Crippen molar-refractivity contribution in [1.29, 1.82) is 0 Å². The summed E-state index contributed by atoms with van der Waals surface area (Å²) in [6.45, 7) is 0. The van der Waals surface area contributed by atoms with Gasteiger partial charge in [0.2, 0.25) is 11.8 Å². The maximum Gasteiger partial charge on any atom is 0.226 e. The van der Waals surface area contributed by atoms with E-state index in [1.807, 2.05) is 52.1 Å². The van der Waals surface area contributed by atoms with Gasteiger partial charge in [-0.25, -0.2) is 0 Å². The number of carbonyl (C=O) groups excluding carboxylic acids is 2. The number of carbonyl (C=O) groups is 2. The van der Waals surface area contributed by atoms with Crippen LogP contribution >= 0.6 is 0 Å². The molecule has 1 aliphatic heterocycles. The van der Waals surface area contributed by atoms with Gasteiger partial charge in [0.25, 0.3) is 0 Å². The number of rotatable bonds is 0. The van der Waals surface area contributed by atoms with Crippen molar-refractivity contribution in [2.75, 3.05) is 42.3 Å². The Morgan fingerprint density at radius 3 is 1.14 bits per heavy atom. The normalized spacial score (nSPS) is 17.0. The second-order valence-electron chi connectivity index (χ2n) is 6.28. The molecule has 0 aromatic heterocycles. The third-order valence-corrected chi connectivity index (χ3v) is 2.34. The third-order valence-electron chi connectivity index (χ3n) is 2.34. The summed E-state index contributed by atoms with van der Waals surface area (Å²) in [5.74, 6) is -0.209. The molecule has 1 N–H and O–H groups in total. The van der Waals surface area contributed by atoms with Gasteiger partial charge in [-0.3, -0.25) is 14.9 Å². The molecule has 126 valence electrons. The zero-order valence-electron chi connectivity index (χ0n) is 14.9. The molecular formula is C16H35N3O2. The van der Waals surface area contributed by atoms with E-state index in [0.29, 0.717) is 12.8 Å². The van der Waals surface area contributed by atoms with Crippen LogP contribution in [0.3, 0.4) is 0 Å². The zero-order valence-corrected chi connectivity index (χ0v) is 14.9. The fourth-order valence-corrected chi connectivity index (χ4v) is 1.56. The number of nitrogens with zero attached hydrogens (tertiary/aromatic N) is 2. The smallest absolute Gasteiger partial charge is 0.226 e. The lowest BCUT2D eigenvalue weighted by atomic mass is 10.1. The van der Waals surface area contributed by atoms with Crippen LogP contribution in [-0.2, 0) is 9.59 Å². The lowest BCUT2D eigenvalue weighted by molar-refractivity contribution is -0.130. The zero-order chi connectivity index (χ0) is 16.7. The molecule has 0 bridgehead atoms. The van der Waals surface area contributed by atoms with Gasteiger partial charge in [-0.15, -0.1) is 0 Å². The summed E-state index contributed by atoms with van der Waals surface area (Å²) < 4.78 is 0. The molecule has 0 unspecified atom stereocenters. The maximum absolute atomic E-state index is 11.1. The van der Waals surface area contributed by atoms with Gasteiger partial charge in [-0.1, -0.05) is 25.7 Å². The minimum Gasteiger partial charge on any atom is -0.312 e. The minimum atomic E-state index is -0.105. The number of hydrogen-bond acceptors (Lipinski definition) is 4. The van der Waals surface area contributed by atoms with Crippen LogP contribution in [0.4, 0.5) is 0 Å². The number of imide groups is 1. The van der Waals surface area contributed by atoms with Crippen LogP contribution in [0.15, 0.2) is 0 Å². The molecule has 0 aliphatic carbocycles. The monoisotopic (exact) mass is 301 g/mol. The average molecular weight is 301 g/mol. The Hall–Kier alpha value is -0.940. The fourth-order valence-electron chi connectivity index (χ4n) is 1.56. The Bertz CT molecular complexity index is 235. The second-order valence-corrected chi connectivity index (χ2v) is 6.28. The lowest BCUT2D eigenvalue weighted by Gasteiger charge is -2.01. The first kappa shape index (κ1) is 22.3. The molecule has 0 saturated carbocycles. The Kier molecular flexibility index (Phi) is 16.4. The summed E-state index contributed by atoms with van der Waals surface area (Å²) in [4.78, 5) is 26.2. The van der Waals surface area contributed by atoms with E-state index in [9.17, 15) is 9.59 Å². The van der Waals surface area contributed by atoms with Crippen LogP contribution in [0.25, 0.3) is 0 Å². The van der Waals surface area contributed by atoms with Crippen LogP contribution in [0.5, 0.6) is 0 Å². The van der Waals surface area contributed by atoms with Crippen LogP contribution in [0, 0.1) is 0 Å². The third kappa shape index (κ3) is 28.1.